The molecule has 0 saturated carbocycles. The quantitative estimate of drug-likeness (QED) is 0.620. The third-order valence-corrected chi connectivity index (χ3v) is 4.53. The van der Waals surface area contributed by atoms with Gasteiger partial charge < -0.3 is 10.6 Å². The first-order valence-corrected chi connectivity index (χ1v) is 8.77. The minimum atomic E-state index is -0.322. The predicted octanol–water partition coefficient (Wildman–Crippen LogP) is 5.34. The molecule has 0 bridgehead atoms. The second kappa shape index (κ2) is 8.17. The lowest BCUT2D eigenvalue weighted by Crippen LogP contribution is -2.14. The van der Waals surface area contributed by atoms with E-state index in [2.05, 4.69) is 27.5 Å². The van der Waals surface area contributed by atoms with Crippen molar-refractivity contribution in [3.05, 3.63) is 76.0 Å². The fourth-order valence-electron chi connectivity index (χ4n) is 2.29. The molecule has 0 aliphatic rings. The van der Waals surface area contributed by atoms with Crippen LogP contribution in [0.3, 0.4) is 0 Å². The number of nitrogens with zero attached hydrogens (tertiary/aromatic N) is 2. The SMILES string of the molecule is CCc1ccc(NC(=O)c2ccnc(Nc3cccc(Cl)c3Cl)n2)cc1. The summed E-state index contributed by atoms with van der Waals surface area (Å²) in [6, 6.07) is 14.4. The fraction of sp³-hybridized carbons (Fsp3) is 0.105. The molecule has 3 aromatic rings. The van der Waals surface area contributed by atoms with Crippen LogP contribution in [0, 0.1) is 0 Å². The van der Waals surface area contributed by atoms with Crippen molar-refractivity contribution in [2.24, 2.45) is 0 Å². The average Bonchev–Trinajstić information content (AvgIpc) is 2.66. The molecule has 0 spiro atoms. The van der Waals surface area contributed by atoms with Gasteiger partial charge in [-0.1, -0.05) is 48.3 Å². The third kappa shape index (κ3) is 4.31. The zero-order chi connectivity index (χ0) is 18.5. The smallest absolute Gasteiger partial charge is 0.274 e. The molecule has 1 aromatic heterocycles. The lowest BCUT2D eigenvalue weighted by molar-refractivity contribution is 0.102. The molecule has 0 saturated heterocycles. The summed E-state index contributed by atoms with van der Waals surface area (Å²) >= 11 is 12.1. The number of rotatable bonds is 5. The van der Waals surface area contributed by atoms with Crippen LogP contribution in [0.5, 0.6) is 0 Å². The van der Waals surface area contributed by atoms with Gasteiger partial charge in [-0.15, -0.1) is 0 Å². The molecule has 0 aliphatic heterocycles. The molecular weight excluding hydrogens is 371 g/mol. The standard InChI is InChI=1S/C19H16Cl2N4O/c1-2-12-6-8-13(9-7-12)23-18(26)16-10-11-22-19(25-16)24-15-5-3-4-14(20)17(15)21/h3-11H,2H2,1H3,(H,23,26)(H,22,24,25). The predicted molar refractivity (Wildman–Crippen MR) is 106 cm³/mol. The number of carbonyl (C=O) groups excluding carboxylic acids is 1. The minimum Gasteiger partial charge on any atom is -0.323 e. The van der Waals surface area contributed by atoms with Crippen LogP contribution >= 0.6 is 23.2 Å². The van der Waals surface area contributed by atoms with Gasteiger partial charge in [-0.3, -0.25) is 4.79 Å². The first kappa shape index (κ1) is 18.2. The number of halogens is 2. The highest BCUT2D eigenvalue weighted by Gasteiger charge is 2.11. The highest BCUT2D eigenvalue weighted by atomic mass is 35.5. The summed E-state index contributed by atoms with van der Waals surface area (Å²) in [5, 5.41) is 6.57. The van der Waals surface area contributed by atoms with Crippen LogP contribution in [0.1, 0.15) is 23.0 Å². The van der Waals surface area contributed by atoms with E-state index in [0.717, 1.165) is 6.42 Å². The molecule has 0 aliphatic carbocycles. The maximum atomic E-state index is 12.4. The molecule has 5 nitrogen and oxygen atoms in total. The Balaban J connectivity index is 1.75. The number of anilines is 3. The monoisotopic (exact) mass is 386 g/mol. The Morgan fingerprint density at radius 2 is 1.85 bits per heavy atom. The Bertz CT molecular complexity index is 929. The molecule has 2 aromatic carbocycles. The number of benzene rings is 2. The number of hydrogen-bond acceptors (Lipinski definition) is 4. The Hall–Kier alpha value is -2.63. The lowest BCUT2D eigenvalue weighted by Gasteiger charge is -2.09. The normalized spacial score (nSPS) is 10.4. The molecule has 0 atom stereocenters. The van der Waals surface area contributed by atoms with Gasteiger partial charge in [0.05, 0.1) is 15.7 Å². The molecule has 0 unspecified atom stereocenters. The number of amides is 1. The Labute approximate surface area is 161 Å². The van der Waals surface area contributed by atoms with E-state index in [-0.39, 0.29) is 17.5 Å². The van der Waals surface area contributed by atoms with Gasteiger partial charge in [0.2, 0.25) is 5.95 Å². The minimum absolute atomic E-state index is 0.236. The first-order valence-electron chi connectivity index (χ1n) is 8.01. The number of aromatic nitrogens is 2. The maximum absolute atomic E-state index is 12.4. The topological polar surface area (TPSA) is 66.9 Å². The van der Waals surface area contributed by atoms with Gasteiger partial charge in [0.1, 0.15) is 5.69 Å². The van der Waals surface area contributed by atoms with Crippen molar-refractivity contribution >= 4 is 46.4 Å². The first-order chi connectivity index (χ1) is 12.6. The van der Waals surface area contributed by atoms with Crippen LogP contribution in [0.25, 0.3) is 0 Å². The Morgan fingerprint density at radius 1 is 1.08 bits per heavy atom. The summed E-state index contributed by atoms with van der Waals surface area (Å²) in [4.78, 5) is 20.8. The number of nitrogens with one attached hydrogen (secondary N) is 2. The molecule has 7 heteroatoms. The van der Waals surface area contributed by atoms with Crippen molar-refractivity contribution in [3.8, 4) is 0 Å². The molecule has 0 fully saturated rings. The number of aryl methyl sites for hydroxylation is 1. The van der Waals surface area contributed by atoms with Crippen molar-refractivity contribution in [1.82, 2.24) is 9.97 Å². The van der Waals surface area contributed by atoms with E-state index in [1.807, 2.05) is 24.3 Å². The van der Waals surface area contributed by atoms with Gasteiger partial charge in [0.15, 0.2) is 0 Å². The van der Waals surface area contributed by atoms with E-state index in [1.165, 1.54) is 11.8 Å². The molecule has 26 heavy (non-hydrogen) atoms. The van der Waals surface area contributed by atoms with Gasteiger partial charge in [-0.05, 0) is 42.3 Å². The summed E-state index contributed by atoms with van der Waals surface area (Å²) < 4.78 is 0. The molecule has 1 heterocycles. The van der Waals surface area contributed by atoms with Crippen LogP contribution in [0.4, 0.5) is 17.3 Å². The number of carbonyl (C=O) groups is 1. The van der Waals surface area contributed by atoms with Gasteiger partial charge in [-0.2, -0.15) is 0 Å². The van der Waals surface area contributed by atoms with E-state index in [0.29, 0.717) is 21.4 Å². The summed E-state index contributed by atoms with van der Waals surface area (Å²) in [5.41, 5.74) is 2.71. The van der Waals surface area contributed by atoms with Gasteiger partial charge >= 0.3 is 0 Å². The maximum Gasteiger partial charge on any atom is 0.274 e. The largest absolute Gasteiger partial charge is 0.323 e. The van der Waals surface area contributed by atoms with E-state index >= 15 is 0 Å². The molecule has 0 radical (unpaired) electrons. The summed E-state index contributed by atoms with van der Waals surface area (Å²) in [6.45, 7) is 2.08. The Morgan fingerprint density at radius 3 is 2.58 bits per heavy atom. The van der Waals surface area contributed by atoms with E-state index < -0.39 is 0 Å². The van der Waals surface area contributed by atoms with Crippen molar-refractivity contribution < 1.29 is 4.79 Å². The van der Waals surface area contributed by atoms with Gasteiger partial charge in [-0.25, -0.2) is 9.97 Å². The van der Waals surface area contributed by atoms with Crippen molar-refractivity contribution in [1.29, 1.82) is 0 Å². The molecule has 3 rings (SSSR count). The zero-order valence-electron chi connectivity index (χ0n) is 14.0. The molecular formula is C19H16Cl2N4O. The highest BCUT2D eigenvalue weighted by molar-refractivity contribution is 6.43. The average molecular weight is 387 g/mol. The second-order valence-electron chi connectivity index (χ2n) is 5.50. The van der Waals surface area contributed by atoms with Gasteiger partial charge in [0.25, 0.3) is 5.91 Å². The zero-order valence-corrected chi connectivity index (χ0v) is 15.5. The van der Waals surface area contributed by atoms with Crippen LogP contribution in [-0.2, 0) is 6.42 Å². The second-order valence-corrected chi connectivity index (χ2v) is 6.28. The van der Waals surface area contributed by atoms with Crippen molar-refractivity contribution in [2.75, 3.05) is 10.6 Å². The van der Waals surface area contributed by atoms with Crippen molar-refractivity contribution in [3.63, 3.8) is 0 Å². The highest BCUT2D eigenvalue weighted by Crippen LogP contribution is 2.30. The molecule has 1 amide bonds. The Kier molecular flexibility index (Phi) is 5.71. The van der Waals surface area contributed by atoms with Gasteiger partial charge in [0, 0.05) is 11.9 Å². The molecule has 132 valence electrons. The van der Waals surface area contributed by atoms with Crippen LogP contribution in [-0.4, -0.2) is 15.9 Å². The van der Waals surface area contributed by atoms with Crippen LogP contribution < -0.4 is 10.6 Å². The fourth-order valence-corrected chi connectivity index (χ4v) is 2.63. The van der Waals surface area contributed by atoms with Crippen LogP contribution in [0.2, 0.25) is 10.0 Å². The lowest BCUT2D eigenvalue weighted by atomic mass is 10.1. The molecule has 2 N–H and O–H groups in total. The van der Waals surface area contributed by atoms with Crippen LogP contribution in [0.15, 0.2) is 54.7 Å². The van der Waals surface area contributed by atoms with E-state index in [4.69, 9.17) is 23.2 Å². The van der Waals surface area contributed by atoms with Crippen molar-refractivity contribution in [2.45, 2.75) is 13.3 Å². The van der Waals surface area contributed by atoms with E-state index in [9.17, 15) is 4.79 Å². The number of hydrogen-bond donors (Lipinski definition) is 2. The summed E-state index contributed by atoms with van der Waals surface area (Å²) in [7, 11) is 0. The summed E-state index contributed by atoms with van der Waals surface area (Å²) in [6.07, 6.45) is 2.45. The van der Waals surface area contributed by atoms with E-state index in [1.54, 1.807) is 24.3 Å². The summed E-state index contributed by atoms with van der Waals surface area (Å²) in [5.74, 6) is -0.0694. The third-order valence-electron chi connectivity index (χ3n) is 3.71.